The van der Waals surface area contributed by atoms with Gasteiger partial charge in [0.2, 0.25) is 11.8 Å². The predicted molar refractivity (Wildman–Crippen MR) is 107 cm³/mol. The molecule has 4 N–H and O–H groups in total. The smallest absolute Gasteiger partial charge is 0.269 e. The number of hydrogen-bond acceptors (Lipinski definition) is 5. The highest BCUT2D eigenvalue weighted by Gasteiger charge is 2.25. The molecule has 0 aliphatic rings. The summed E-state index contributed by atoms with van der Waals surface area (Å²) in [4.78, 5) is 35.4. The molecule has 0 saturated carbocycles. The lowest BCUT2D eigenvalue weighted by Crippen LogP contribution is -2.52. The molecule has 148 valence electrons. The van der Waals surface area contributed by atoms with E-state index in [4.69, 9.17) is 5.73 Å². The number of carbonyl (C=O) groups is 2. The highest BCUT2D eigenvalue weighted by atomic mass is 16.6. The van der Waals surface area contributed by atoms with Crippen molar-refractivity contribution in [1.29, 1.82) is 0 Å². The number of nitro groups is 1. The van der Waals surface area contributed by atoms with Crippen LogP contribution in [-0.4, -0.2) is 28.8 Å². The van der Waals surface area contributed by atoms with E-state index >= 15 is 0 Å². The number of nitro benzene ring substituents is 1. The Balaban J connectivity index is 2.15. The Labute approximate surface area is 163 Å². The number of nitrogens with zero attached hydrogens (tertiary/aromatic N) is 1. The maximum atomic E-state index is 12.8. The lowest BCUT2D eigenvalue weighted by Gasteiger charge is -2.22. The minimum atomic E-state index is -0.838. The van der Waals surface area contributed by atoms with E-state index in [1.807, 2.05) is 44.2 Å². The molecule has 0 fully saturated rings. The van der Waals surface area contributed by atoms with Crippen LogP contribution in [0.15, 0.2) is 54.6 Å². The van der Waals surface area contributed by atoms with Crippen LogP contribution < -0.4 is 16.4 Å². The number of non-ortho nitro benzene ring substituents is 1. The fourth-order valence-corrected chi connectivity index (χ4v) is 2.53. The molecule has 2 amide bonds. The summed E-state index contributed by atoms with van der Waals surface area (Å²) in [6.45, 7) is 3.65. The van der Waals surface area contributed by atoms with Crippen LogP contribution in [0.5, 0.6) is 0 Å². The second-order valence-corrected chi connectivity index (χ2v) is 6.81. The van der Waals surface area contributed by atoms with Crippen molar-refractivity contribution < 1.29 is 14.5 Å². The third-order valence-corrected chi connectivity index (χ3v) is 4.28. The summed E-state index contributed by atoms with van der Waals surface area (Å²) in [7, 11) is 0. The first kappa shape index (κ1) is 21.0. The van der Waals surface area contributed by atoms with Crippen LogP contribution in [-0.2, 0) is 16.0 Å². The highest BCUT2D eigenvalue weighted by molar-refractivity contribution is 5.98. The predicted octanol–water partition coefficient (Wildman–Crippen LogP) is 2.24. The molecule has 0 saturated heterocycles. The normalized spacial score (nSPS) is 12.9. The van der Waals surface area contributed by atoms with Crippen molar-refractivity contribution in [3.05, 3.63) is 70.3 Å². The molecule has 2 aromatic rings. The largest absolute Gasteiger partial charge is 0.343 e. The van der Waals surface area contributed by atoms with Crippen molar-refractivity contribution in [2.45, 2.75) is 32.4 Å². The Morgan fingerprint density at radius 2 is 1.64 bits per heavy atom. The van der Waals surface area contributed by atoms with Crippen molar-refractivity contribution in [2.24, 2.45) is 11.7 Å². The van der Waals surface area contributed by atoms with Crippen LogP contribution in [0.2, 0.25) is 0 Å². The minimum Gasteiger partial charge on any atom is -0.343 e. The molecular formula is C20H24N4O4. The first-order valence-corrected chi connectivity index (χ1v) is 8.93. The molecule has 8 heteroatoms. The summed E-state index contributed by atoms with van der Waals surface area (Å²) in [5.41, 5.74) is 7.10. The Morgan fingerprint density at radius 1 is 1.04 bits per heavy atom. The van der Waals surface area contributed by atoms with Crippen LogP contribution in [0.3, 0.4) is 0 Å². The maximum absolute atomic E-state index is 12.8. The fraction of sp³-hybridized carbons (Fsp3) is 0.300. The molecule has 8 nitrogen and oxygen atoms in total. The van der Waals surface area contributed by atoms with Crippen molar-refractivity contribution >= 4 is 23.2 Å². The maximum Gasteiger partial charge on any atom is 0.269 e. The van der Waals surface area contributed by atoms with Crippen LogP contribution in [0.25, 0.3) is 0 Å². The molecule has 2 atom stereocenters. The summed E-state index contributed by atoms with van der Waals surface area (Å²) < 4.78 is 0. The van der Waals surface area contributed by atoms with E-state index in [9.17, 15) is 19.7 Å². The molecular weight excluding hydrogens is 360 g/mol. The molecule has 0 bridgehead atoms. The van der Waals surface area contributed by atoms with Crippen molar-refractivity contribution in [1.82, 2.24) is 5.32 Å². The van der Waals surface area contributed by atoms with Crippen LogP contribution in [0.4, 0.5) is 11.4 Å². The van der Waals surface area contributed by atoms with Gasteiger partial charge in [-0.2, -0.15) is 0 Å². The summed E-state index contributed by atoms with van der Waals surface area (Å²) in [5, 5.41) is 16.1. The first-order chi connectivity index (χ1) is 13.3. The Morgan fingerprint density at radius 3 is 2.18 bits per heavy atom. The van der Waals surface area contributed by atoms with Gasteiger partial charge in [0.25, 0.3) is 5.69 Å². The average Bonchev–Trinajstić information content (AvgIpc) is 2.67. The number of rotatable bonds is 8. The van der Waals surface area contributed by atoms with Gasteiger partial charge in [-0.1, -0.05) is 44.2 Å². The van der Waals surface area contributed by atoms with Gasteiger partial charge in [0.05, 0.1) is 11.0 Å². The number of carbonyl (C=O) groups excluding carboxylic acids is 2. The molecule has 0 spiro atoms. The quantitative estimate of drug-likeness (QED) is 0.475. The average molecular weight is 384 g/mol. The first-order valence-electron chi connectivity index (χ1n) is 8.93. The summed E-state index contributed by atoms with van der Waals surface area (Å²) >= 11 is 0. The number of nitrogens with two attached hydrogens (primary N) is 1. The zero-order chi connectivity index (χ0) is 20.7. The van der Waals surface area contributed by atoms with Crippen molar-refractivity contribution in [3.8, 4) is 0 Å². The number of anilines is 1. The van der Waals surface area contributed by atoms with Gasteiger partial charge in [0.1, 0.15) is 6.04 Å². The summed E-state index contributed by atoms with van der Waals surface area (Å²) in [6, 6.07) is 13.2. The minimum absolute atomic E-state index is 0.0740. The van der Waals surface area contributed by atoms with E-state index in [1.165, 1.54) is 24.3 Å². The summed E-state index contributed by atoms with van der Waals surface area (Å²) in [6.07, 6.45) is 0.288. The monoisotopic (exact) mass is 384 g/mol. The zero-order valence-corrected chi connectivity index (χ0v) is 15.8. The topological polar surface area (TPSA) is 127 Å². The lowest BCUT2D eigenvalue weighted by molar-refractivity contribution is -0.384. The molecule has 2 aromatic carbocycles. The third-order valence-electron chi connectivity index (χ3n) is 4.28. The van der Waals surface area contributed by atoms with Gasteiger partial charge < -0.3 is 16.4 Å². The second-order valence-electron chi connectivity index (χ2n) is 6.81. The molecule has 0 aliphatic carbocycles. The van der Waals surface area contributed by atoms with Crippen LogP contribution in [0.1, 0.15) is 19.4 Å². The molecule has 0 radical (unpaired) electrons. The number of amides is 2. The van der Waals surface area contributed by atoms with Gasteiger partial charge in [0.15, 0.2) is 0 Å². The van der Waals surface area contributed by atoms with Crippen molar-refractivity contribution in [3.63, 3.8) is 0 Å². The third kappa shape index (κ3) is 5.88. The molecule has 0 heterocycles. The fourth-order valence-electron chi connectivity index (χ4n) is 2.53. The van der Waals surface area contributed by atoms with Gasteiger partial charge in [-0.05, 0) is 23.6 Å². The van der Waals surface area contributed by atoms with Gasteiger partial charge in [-0.3, -0.25) is 19.7 Å². The Bertz CT molecular complexity index is 822. The Kier molecular flexibility index (Phi) is 7.22. The van der Waals surface area contributed by atoms with Gasteiger partial charge in [0, 0.05) is 24.2 Å². The SMILES string of the molecule is CC(C)[C@H](N)C(=O)N[C@@H](Cc1ccccc1)C(=O)Nc1ccc([N+](=O)[O-])cc1. The molecule has 0 unspecified atom stereocenters. The second kappa shape index (κ2) is 9.61. The van der Waals surface area contributed by atoms with E-state index in [1.54, 1.807) is 0 Å². The number of nitrogens with one attached hydrogen (secondary N) is 2. The summed E-state index contributed by atoms with van der Waals surface area (Å²) in [5.74, 6) is -0.910. The van der Waals surface area contributed by atoms with E-state index in [0.717, 1.165) is 5.56 Å². The van der Waals surface area contributed by atoms with Gasteiger partial charge in [-0.25, -0.2) is 0 Å². The van der Waals surface area contributed by atoms with E-state index in [-0.39, 0.29) is 18.0 Å². The Hall–Kier alpha value is -3.26. The van der Waals surface area contributed by atoms with Crippen LogP contribution in [0, 0.1) is 16.0 Å². The number of benzene rings is 2. The van der Waals surface area contributed by atoms with E-state index in [2.05, 4.69) is 10.6 Å². The number of hydrogen-bond donors (Lipinski definition) is 3. The zero-order valence-electron chi connectivity index (χ0n) is 15.8. The van der Waals surface area contributed by atoms with Gasteiger partial charge in [-0.15, -0.1) is 0 Å². The van der Waals surface area contributed by atoms with E-state index < -0.39 is 28.8 Å². The van der Waals surface area contributed by atoms with Crippen LogP contribution >= 0.6 is 0 Å². The lowest BCUT2D eigenvalue weighted by atomic mass is 10.0. The van der Waals surface area contributed by atoms with Gasteiger partial charge >= 0.3 is 0 Å². The van der Waals surface area contributed by atoms with E-state index in [0.29, 0.717) is 5.69 Å². The molecule has 28 heavy (non-hydrogen) atoms. The molecule has 0 aliphatic heterocycles. The standard InChI is InChI=1S/C20H24N4O4/c1-13(2)18(21)20(26)23-17(12-14-6-4-3-5-7-14)19(25)22-15-8-10-16(11-9-15)24(27)28/h3-11,13,17-18H,12,21H2,1-2H3,(H,22,25)(H,23,26)/t17-,18-/m0/s1. The highest BCUT2D eigenvalue weighted by Crippen LogP contribution is 2.16. The van der Waals surface area contributed by atoms with Crippen molar-refractivity contribution in [2.75, 3.05) is 5.32 Å². The molecule has 0 aromatic heterocycles. The molecule has 2 rings (SSSR count).